The highest BCUT2D eigenvalue weighted by molar-refractivity contribution is 9.10. The monoisotopic (exact) mass is 441 g/mol. The number of rotatable bonds is 3. The summed E-state index contributed by atoms with van der Waals surface area (Å²) in [5, 5.41) is 0. The van der Waals surface area contributed by atoms with Gasteiger partial charge in [-0.3, -0.25) is 14.5 Å². The van der Waals surface area contributed by atoms with Crippen molar-refractivity contribution >= 4 is 39.4 Å². The highest BCUT2D eigenvalue weighted by Crippen LogP contribution is 2.42. The standard InChI is InChI=1S/C22H20BrNO4/c1-13-2-11-18-19(12-13)21(26)24(20(18)25)16-7-9-17(10-8-16)28-22(27)14-3-5-15(23)6-4-14/h3-10,13,18-19H,2,11-12H2,1H3/t13-,18-,19-/m1/s1. The normalized spacial score (nSPS) is 24.2. The fourth-order valence-electron chi connectivity index (χ4n) is 4.06. The van der Waals surface area contributed by atoms with E-state index in [2.05, 4.69) is 22.9 Å². The van der Waals surface area contributed by atoms with Crippen molar-refractivity contribution in [1.29, 1.82) is 0 Å². The van der Waals surface area contributed by atoms with Gasteiger partial charge in [-0.15, -0.1) is 0 Å². The summed E-state index contributed by atoms with van der Waals surface area (Å²) in [5.74, 6) is -0.249. The Labute approximate surface area is 171 Å². The van der Waals surface area contributed by atoms with E-state index in [9.17, 15) is 14.4 Å². The van der Waals surface area contributed by atoms with Crippen LogP contribution >= 0.6 is 15.9 Å². The Balaban J connectivity index is 1.49. The smallest absolute Gasteiger partial charge is 0.343 e. The van der Waals surface area contributed by atoms with Crippen LogP contribution in [0, 0.1) is 17.8 Å². The van der Waals surface area contributed by atoms with E-state index in [1.54, 1.807) is 48.5 Å². The molecule has 0 N–H and O–H groups in total. The van der Waals surface area contributed by atoms with Crippen molar-refractivity contribution in [2.24, 2.45) is 17.8 Å². The van der Waals surface area contributed by atoms with E-state index >= 15 is 0 Å². The first-order valence-electron chi connectivity index (χ1n) is 9.39. The van der Waals surface area contributed by atoms with E-state index in [-0.39, 0.29) is 23.7 Å². The summed E-state index contributed by atoms with van der Waals surface area (Å²) in [7, 11) is 0. The van der Waals surface area contributed by atoms with Gasteiger partial charge in [-0.25, -0.2) is 4.79 Å². The minimum absolute atomic E-state index is 0.110. The maximum absolute atomic E-state index is 12.8. The first-order chi connectivity index (χ1) is 13.4. The van der Waals surface area contributed by atoms with E-state index in [0.717, 1.165) is 23.7 Å². The number of carbonyl (C=O) groups is 3. The van der Waals surface area contributed by atoms with Crippen LogP contribution in [0.5, 0.6) is 5.75 Å². The van der Waals surface area contributed by atoms with Crippen LogP contribution in [-0.2, 0) is 9.59 Å². The second-order valence-corrected chi connectivity index (χ2v) is 8.45. The summed E-state index contributed by atoms with van der Waals surface area (Å²) in [6.07, 6.45) is 2.53. The fraction of sp³-hybridized carbons (Fsp3) is 0.318. The maximum atomic E-state index is 12.8. The third kappa shape index (κ3) is 3.49. The van der Waals surface area contributed by atoms with Crippen molar-refractivity contribution in [2.75, 3.05) is 4.90 Å². The molecule has 0 unspecified atom stereocenters. The molecule has 2 aliphatic rings. The number of halogens is 1. The molecule has 2 aromatic rings. The fourth-order valence-corrected chi connectivity index (χ4v) is 4.32. The SMILES string of the molecule is C[C@@H]1CC[C@H]2C(=O)N(c3ccc(OC(=O)c4ccc(Br)cc4)cc3)C(=O)[C@@H]2C1. The molecule has 28 heavy (non-hydrogen) atoms. The van der Waals surface area contributed by atoms with Gasteiger partial charge in [0.2, 0.25) is 11.8 Å². The zero-order valence-corrected chi connectivity index (χ0v) is 17.0. The molecule has 0 spiro atoms. The van der Waals surface area contributed by atoms with Crippen molar-refractivity contribution < 1.29 is 19.1 Å². The van der Waals surface area contributed by atoms with Gasteiger partial charge in [0, 0.05) is 4.47 Å². The van der Waals surface area contributed by atoms with Gasteiger partial charge < -0.3 is 4.74 Å². The number of carbonyl (C=O) groups excluding carboxylic acids is 3. The van der Waals surface area contributed by atoms with Crippen molar-refractivity contribution in [3.05, 3.63) is 58.6 Å². The second kappa shape index (κ2) is 7.51. The first-order valence-corrected chi connectivity index (χ1v) is 10.2. The molecule has 3 atom stereocenters. The molecule has 1 saturated heterocycles. The first kappa shape index (κ1) is 18.9. The highest BCUT2D eigenvalue weighted by Gasteiger charge is 2.49. The number of amides is 2. The Morgan fingerprint density at radius 1 is 0.964 bits per heavy atom. The molecule has 1 aliphatic carbocycles. The highest BCUT2D eigenvalue weighted by atomic mass is 79.9. The number of hydrogen-bond donors (Lipinski definition) is 0. The van der Waals surface area contributed by atoms with Crippen LogP contribution in [0.15, 0.2) is 53.0 Å². The summed E-state index contributed by atoms with van der Waals surface area (Å²) in [6, 6.07) is 13.4. The van der Waals surface area contributed by atoms with Crippen LogP contribution in [0.25, 0.3) is 0 Å². The zero-order chi connectivity index (χ0) is 19.8. The molecule has 144 valence electrons. The average molecular weight is 442 g/mol. The van der Waals surface area contributed by atoms with Crippen LogP contribution < -0.4 is 9.64 Å². The number of imide groups is 1. The lowest BCUT2D eigenvalue weighted by Crippen LogP contribution is -2.30. The molecule has 2 aromatic carbocycles. The van der Waals surface area contributed by atoms with Crippen LogP contribution in [0.1, 0.15) is 36.5 Å². The predicted molar refractivity (Wildman–Crippen MR) is 108 cm³/mol. The molecule has 0 radical (unpaired) electrons. The van der Waals surface area contributed by atoms with E-state index in [1.165, 1.54) is 4.90 Å². The van der Waals surface area contributed by atoms with Gasteiger partial charge >= 0.3 is 5.97 Å². The van der Waals surface area contributed by atoms with Crippen LogP contribution in [0.4, 0.5) is 5.69 Å². The number of benzene rings is 2. The third-order valence-corrected chi connectivity index (χ3v) is 6.10. The summed E-state index contributed by atoms with van der Waals surface area (Å²) < 4.78 is 6.26. The van der Waals surface area contributed by atoms with Gasteiger partial charge in [-0.2, -0.15) is 0 Å². The van der Waals surface area contributed by atoms with E-state index in [1.807, 2.05) is 0 Å². The van der Waals surface area contributed by atoms with E-state index < -0.39 is 5.97 Å². The zero-order valence-electron chi connectivity index (χ0n) is 15.4. The van der Waals surface area contributed by atoms with Gasteiger partial charge in [-0.1, -0.05) is 22.9 Å². The van der Waals surface area contributed by atoms with Crippen LogP contribution in [0.2, 0.25) is 0 Å². The Kier molecular flexibility index (Phi) is 5.06. The Hall–Kier alpha value is -2.47. The Morgan fingerprint density at radius 2 is 1.61 bits per heavy atom. The number of anilines is 1. The number of nitrogens with zero attached hydrogens (tertiary/aromatic N) is 1. The molecule has 6 heteroatoms. The van der Waals surface area contributed by atoms with Gasteiger partial charge in [0.05, 0.1) is 23.1 Å². The molecule has 5 nitrogen and oxygen atoms in total. The third-order valence-electron chi connectivity index (χ3n) is 5.57. The second-order valence-electron chi connectivity index (χ2n) is 7.53. The largest absolute Gasteiger partial charge is 0.423 e. The Bertz CT molecular complexity index is 923. The van der Waals surface area contributed by atoms with Crippen molar-refractivity contribution in [1.82, 2.24) is 0 Å². The minimum atomic E-state index is -0.464. The van der Waals surface area contributed by atoms with Crippen LogP contribution in [-0.4, -0.2) is 17.8 Å². The topological polar surface area (TPSA) is 63.7 Å². The lowest BCUT2D eigenvalue weighted by molar-refractivity contribution is -0.122. The number of esters is 1. The van der Waals surface area contributed by atoms with Gasteiger partial charge in [0.1, 0.15) is 5.75 Å². The van der Waals surface area contributed by atoms with Crippen molar-refractivity contribution in [3.63, 3.8) is 0 Å². The molecular formula is C22H20BrNO4. The summed E-state index contributed by atoms with van der Waals surface area (Å²) in [6.45, 7) is 2.13. The molecule has 1 heterocycles. The molecule has 1 saturated carbocycles. The van der Waals surface area contributed by atoms with Crippen LogP contribution in [0.3, 0.4) is 0 Å². The predicted octanol–water partition coefficient (Wildman–Crippen LogP) is 4.59. The summed E-state index contributed by atoms with van der Waals surface area (Å²) in [5.41, 5.74) is 0.968. The quantitative estimate of drug-likeness (QED) is 0.396. The van der Waals surface area contributed by atoms with Crippen molar-refractivity contribution in [3.8, 4) is 5.75 Å². The van der Waals surface area contributed by atoms with Gasteiger partial charge in [-0.05, 0) is 73.7 Å². The Morgan fingerprint density at radius 3 is 2.29 bits per heavy atom. The molecule has 1 aliphatic heterocycles. The lowest BCUT2D eigenvalue weighted by Gasteiger charge is -2.25. The molecular weight excluding hydrogens is 422 g/mol. The average Bonchev–Trinajstić information content (AvgIpc) is 2.93. The van der Waals surface area contributed by atoms with E-state index in [0.29, 0.717) is 22.9 Å². The molecule has 2 amide bonds. The number of fused-ring (bicyclic) bond motifs is 1. The lowest BCUT2D eigenvalue weighted by atomic mass is 9.76. The molecule has 0 aromatic heterocycles. The van der Waals surface area contributed by atoms with E-state index in [4.69, 9.17) is 4.74 Å². The molecule has 4 rings (SSSR count). The number of hydrogen-bond acceptors (Lipinski definition) is 4. The molecule has 0 bridgehead atoms. The van der Waals surface area contributed by atoms with Crippen molar-refractivity contribution in [2.45, 2.75) is 26.2 Å². The summed E-state index contributed by atoms with van der Waals surface area (Å²) >= 11 is 3.33. The maximum Gasteiger partial charge on any atom is 0.343 e. The van der Waals surface area contributed by atoms with Gasteiger partial charge in [0.25, 0.3) is 0 Å². The summed E-state index contributed by atoms with van der Waals surface area (Å²) in [4.78, 5) is 39.1. The number of ether oxygens (including phenoxy) is 1. The minimum Gasteiger partial charge on any atom is -0.423 e. The molecule has 2 fully saturated rings. The van der Waals surface area contributed by atoms with Gasteiger partial charge in [0.15, 0.2) is 0 Å².